The molecular formula is C21H24N2. The highest BCUT2D eigenvalue weighted by molar-refractivity contribution is 6.39. The Hall–Kier alpha value is -2.22. The van der Waals surface area contributed by atoms with E-state index in [-0.39, 0.29) is 5.41 Å². The van der Waals surface area contributed by atoms with Crippen molar-refractivity contribution in [3.63, 3.8) is 0 Å². The normalized spacial score (nSPS) is 20.7. The predicted molar refractivity (Wildman–Crippen MR) is 98.7 cm³/mol. The van der Waals surface area contributed by atoms with Crippen LogP contribution in [0.1, 0.15) is 49.9 Å². The van der Waals surface area contributed by atoms with Crippen molar-refractivity contribution in [3.8, 4) is 0 Å². The molecule has 118 valence electrons. The van der Waals surface area contributed by atoms with Gasteiger partial charge in [-0.15, -0.1) is 0 Å². The number of aryl methyl sites for hydroxylation is 1. The molecule has 2 aromatic carbocycles. The quantitative estimate of drug-likeness (QED) is 0.742. The highest BCUT2D eigenvalue weighted by Gasteiger charge is 2.29. The van der Waals surface area contributed by atoms with E-state index in [2.05, 4.69) is 88.1 Å². The summed E-state index contributed by atoms with van der Waals surface area (Å²) in [7, 11) is 0. The highest BCUT2D eigenvalue weighted by Crippen LogP contribution is 2.31. The monoisotopic (exact) mass is 304 g/mol. The van der Waals surface area contributed by atoms with Gasteiger partial charge in [0, 0.05) is 11.1 Å². The van der Waals surface area contributed by atoms with E-state index >= 15 is 0 Å². The second-order valence-electron chi connectivity index (χ2n) is 7.47. The third-order valence-electron chi connectivity index (χ3n) is 4.42. The molecule has 0 aliphatic carbocycles. The Morgan fingerprint density at radius 3 is 2.04 bits per heavy atom. The molecule has 1 unspecified atom stereocenters. The standard InChI is InChI=1S/C21H24N2/c1-15-6-10-18(11-7-15)21(5)22-14-19(23-21)16-8-12-17(13-9-16)20(2,3)4/h6-14H,1-5H3. The van der Waals surface area contributed by atoms with Crippen LogP contribution in [0.4, 0.5) is 0 Å². The van der Waals surface area contributed by atoms with Gasteiger partial charge in [-0.25, -0.2) is 4.99 Å². The largest absolute Gasteiger partial charge is 0.257 e. The van der Waals surface area contributed by atoms with E-state index < -0.39 is 5.66 Å². The van der Waals surface area contributed by atoms with E-state index in [1.807, 2.05) is 6.21 Å². The number of hydrogen-bond donors (Lipinski definition) is 0. The summed E-state index contributed by atoms with van der Waals surface area (Å²) in [6.45, 7) is 10.8. The topological polar surface area (TPSA) is 24.7 Å². The van der Waals surface area contributed by atoms with Crippen LogP contribution in [-0.4, -0.2) is 11.9 Å². The maximum atomic E-state index is 4.88. The third kappa shape index (κ3) is 3.12. The van der Waals surface area contributed by atoms with Gasteiger partial charge in [-0.05, 0) is 24.8 Å². The molecule has 2 aromatic rings. The first-order valence-electron chi connectivity index (χ1n) is 8.11. The molecule has 0 saturated carbocycles. The summed E-state index contributed by atoms with van der Waals surface area (Å²) in [6.07, 6.45) is 1.89. The van der Waals surface area contributed by atoms with E-state index in [0.29, 0.717) is 0 Å². The highest BCUT2D eigenvalue weighted by atomic mass is 15.1. The van der Waals surface area contributed by atoms with Gasteiger partial charge in [0.15, 0.2) is 5.66 Å². The van der Waals surface area contributed by atoms with Crippen molar-refractivity contribution in [2.24, 2.45) is 9.98 Å². The predicted octanol–water partition coefficient (Wildman–Crippen LogP) is 5.04. The Morgan fingerprint density at radius 2 is 1.48 bits per heavy atom. The minimum atomic E-state index is -0.508. The van der Waals surface area contributed by atoms with Crippen molar-refractivity contribution in [1.29, 1.82) is 0 Å². The van der Waals surface area contributed by atoms with Gasteiger partial charge in [0.05, 0.1) is 11.9 Å². The fraction of sp³-hybridized carbons (Fsp3) is 0.333. The zero-order valence-corrected chi connectivity index (χ0v) is 14.6. The minimum absolute atomic E-state index is 0.167. The summed E-state index contributed by atoms with van der Waals surface area (Å²) in [5, 5.41) is 0. The van der Waals surface area contributed by atoms with E-state index in [0.717, 1.165) is 16.8 Å². The van der Waals surface area contributed by atoms with Gasteiger partial charge in [0.25, 0.3) is 0 Å². The molecule has 3 rings (SSSR count). The number of aliphatic imine (C=N–C) groups is 2. The van der Waals surface area contributed by atoms with Gasteiger partial charge in [0.1, 0.15) is 0 Å². The molecule has 0 saturated heterocycles. The van der Waals surface area contributed by atoms with Crippen LogP contribution in [0.15, 0.2) is 58.5 Å². The lowest BCUT2D eigenvalue weighted by Gasteiger charge is -2.19. The van der Waals surface area contributed by atoms with Crippen LogP contribution >= 0.6 is 0 Å². The van der Waals surface area contributed by atoms with Crippen molar-refractivity contribution < 1.29 is 0 Å². The lowest BCUT2D eigenvalue weighted by Crippen LogP contribution is -2.14. The molecule has 1 heterocycles. The number of hydrogen-bond acceptors (Lipinski definition) is 2. The molecule has 1 aliphatic rings. The summed E-state index contributed by atoms with van der Waals surface area (Å²) in [5.74, 6) is 0. The van der Waals surface area contributed by atoms with E-state index in [1.54, 1.807) is 0 Å². The SMILES string of the molecule is Cc1ccc(C2(C)N=CC(c3ccc(C(C)(C)C)cc3)=N2)cc1. The Labute approximate surface area is 139 Å². The van der Waals surface area contributed by atoms with Gasteiger partial charge >= 0.3 is 0 Å². The third-order valence-corrected chi connectivity index (χ3v) is 4.42. The Kier molecular flexibility index (Phi) is 3.71. The fourth-order valence-electron chi connectivity index (χ4n) is 2.77. The molecule has 23 heavy (non-hydrogen) atoms. The van der Waals surface area contributed by atoms with Crippen LogP contribution in [0.2, 0.25) is 0 Å². The van der Waals surface area contributed by atoms with Crippen molar-refractivity contribution in [3.05, 3.63) is 70.8 Å². The molecular weight excluding hydrogens is 280 g/mol. The molecule has 0 bridgehead atoms. The minimum Gasteiger partial charge on any atom is -0.257 e. The maximum Gasteiger partial charge on any atom is 0.173 e. The van der Waals surface area contributed by atoms with Crippen molar-refractivity contribution in [1.82, 2.24) is 0 Å². The van der Waals surface area contributed by atoms with Crippen LogP contribution in [0.5, 0.6) is 0 Å². The second kappa shape index (κ2) is 5.45. The van der Waals surface area contributed by atoms with Gasteiger partial charge < -0.3 is 0 Å². The first-order chi connectivity index (χ1) is 10.8. The molecule has 0 radical (unpaired) electrons. The number of benzene rings is 2. The first-order valence-corrected chi connectivity index (χ1v) is 8.11. The molecule has 1 aliphatic heterocycles. The lowest BCUT2D eigenvalue weighted by atomic mass is 9.86. The summed E-state index contributed by atoms with van der Waals surface area (Å²) < 4.78 is 0. The van der Waals surface area contributed by atoms with Crippen molar-refractivity contribution >= 4 is 11.9 Å². The molecule has 2 nitrogen and oxygen atoms in total. The van der Waals surface area contributed by atoms with Gasteiger partial charge in [-0.1, -0.05) is 74.9 Å². The van der Waals surface area contributed by atoms with Crippen LogP contribution < -0.4 is 0 Å². The van der Waals surface area contributed by atoms with E-state index in [9.17, 15) is 0 Å². The fourth-order valence-corrected chi connectivity index (χ4v) is 2.77. The number of rotatable bonds is 2. The van der Waals surface area contributed by atoms with E-state index in [1.165, 1.54) is 11.1 Å². The lowest BCUT2D eigenvalue weighted by molar-refractivity contribution is 0.542. The second-order valence-corrected chi connectivity index (χ2v) is 7.47. The van der Waals surface area contributed by atoms with Gasteiger partial charge in [-0.2, -0.15) is 0 Å². The first kappa shape index (κ1) is 15.7. The smallest absolute Gasteiger partial charge is 0.173 e. The Bertz CT molecular complexity index is 759. The average Bonchev–Trinajstić information content (AvgIpc) is 2.91. The molecule has 0 amide bonds. The Morgan fingerprint density at radius 1 is 0.870 bits per heavy atom. The van der Waals surface area contributed by atoms with Crippen molar-refractivity contribution in [2.45, 2.75) is 45.7 Å². The number of nitrogens with zero attached hydrogens (tertiary/aromatic N) is 2. The molecule has 1 atom stereocenters. The van der Waals surface area contributed by atoms with Gasteiger partial charge in [0.2, 0.25) is 0 Å². The maximum absolute atomic E-state index is 4.88. The van der Waals surface area contributed by atoms with Gasteiger partial charge in [-0.3, -0.25) is 4.99 Å². The molecule has 0 N–H and O–H groups in total. The summed E-state index contributed by atoms with van der Waals surface area (Å²) in [6, 6.07) is 17.1. The Balaban J connectivity index is 1.91. The zero-order chi connectivity index (χ0) is 16.7. The van der Waals surface area contributed by atoms with E-state index in [4.69, 9.17) is 4.99 Å². The zero-order valence-electron chi connectivity index (χ0n) is 14.6. The summed E-state index contributed by atoms with van der Waals surface area (Å²) >= 11 is 0. The molecule has 0 spiro atoms. The van der Waals surface area contributed by atoms with Crippen LogP contribution in [0, 0.1) is 6.92 Å². The van der Waals surface area contributed by atoms with Crippen LogP contribution in [-0.2, 0) is 11.1 Å². The van der Waals surface area contributed by atoms with Crippen LogP contribution in [0.25, 0.3) is 0 Å². The van der Waals surface area contributed by atoms with Crippen molar-refractivity contribution in [2.75, 3.05) is 0 Å². The summed E-state index contributed by atoms with van der Waals surface area (Å²) in [5.41, 5.74) is 5.44. The summed E-state index contributed by atoms with van der Waals surface area (Å²) in [4.78, 5) is 9.54. The average molecular weight is 304 g/mol. The molecule has 2 heteroatoms. The van der Waals surface area contributed by atoms with Crippen LogP contribution in [0.3, 0.4) is 0 Å². The molecule has 0 aromatic heterocycles. The molecule has 0 fully saturated rings.